The maximum Gasteiger partial charge on any atom is 0.169 e. The fraction of sp³-hybridized carbons (Fsp3) is 1.00. The molecule has 0 amide bonds. The lowest BCUT2D eigenvalue weighted by molar-refractivity contribution is -0.134. The summed E-state index contributed by atoms with van der Waals surface area (Å²) in [6, 6.07) is 0.582. The zero-order valence-corrected chi connectivity index (χ0v) is 11.7. The first kappa shape index (κ1) is 14.9. The van der Waals surface area contributed by atoms with E-state index in [1.54, 1.807) is 0 Å². The number of nitrogens with one attached hydrogen (secondary N) is 1. The highest BCUT2D eigenvalue weighted by atomic mass is 16.7. The van der Waals surface area contributed by atoms with Crippen molar-refractivity contribution in [3.63, 3.8) is 0 Å². The molecule has 1 aliphatic carbocycles. The van der Waals surface area contributed by atoms with Crippen LogP contribution in [0.2, 0.25) is 0 Å². The molecule has 102 valence electrons. The van der Waals surface area contributed by atoms with E-state index in [1.807, 2.05) is 13.8 Å². The summed E-state index contributed by atoms with van der Waals surface area (Å²) in [5.41, 5.74) is 0. The molecule has 1 atom stereocenters. The molecule has 1 N–H and O–H groups in total. The highest BCUT2D eigenvalue weighted by Gasteiger charge is 2.20. The molecule has 17 heavy (non-hydrogen) atoms. The minimum Gasteiger partial charge on any atom is -0.352 e. The fourth-order valence-electron chi connectivity index (χ4n) is 2.62. The van der Waals surface area contributed by atoms with Crippen LogP contribution in [0.15, 0.2) is 0 Å². The quantitative estimate of drug-likeness (QED) is 0.665. The highest BCUT2D eigenvalue weighted by molar-refractivity contribution is 4.76. The van der Waals surface area contributed by atoms with Crippen molar-refractivity contribution in [3.8, 4) is 0 Å². The molecular weight excluding hydrogens is 214 g/mol. The monoisotopic (exact) mass is 243 g/mol. The van der Waals surface area contributed by atoms with E-state index in [1.165, 1.54) is 32.1 Å². The van der Waals surface area contributed by atoms with Gasteiger partial charge in [0, 0.05) is 25.8 Å². The van der Waals surface area contributed by atoms with Crippen LogP contribution < -0.4 is 5.32 Å². The van der Waals surface area contributed by atoms with E-state index < -0.39 is 0 Å². The Morgan fingerprint density at radius 1 is 1.06 bits per heavy atom. The van der Waals surface area contributed by atoms with Crippen LogP contribution in [-0.2, 0) is 9.47 Å². The maximum absolute atomic E-state index is 5.54. The van der Waals surface area contributed by atoms with E-state index in [9.17, 15) is 0 Å². The Bertz CT molecular complexity index is 175. The molecule has 1 aliphatic rings. The van der Waals surface area contributed by atoms with Gasteiger partial charge in [0.15, 0.2) is 6.29 Å². The topological polar surface area (TPSA) is 30.5 Å². The van der Waals surface area contributed by atoms with Gasteiger partial charge in [-0.3, -0.25) is 0 Å². The van der Waals surface area contributed by atoms with Crippen molar-refractivity contribution in [2.45, 2.75) is 65.2 Å². The van der Waals surface area contributed by atoms with Crippen LogP contribution in [0, 0.1) is 5.92 Å². The molecule has 1 fully saturated rings. The molecule has 1 rings (SSSR count). The van der Waals surface area contributed by atoms with Crippen LogP contribution in [0.25, 0.3) is 0 Å². The number of hydrogen-bond donors (Lipinski definition) is 1. The smallest absolute Gasteiger partial charge is 0.169 e. The van der Waals surface area contributed by atoms with Crippen LogP contribution in [-0.4, -0.2) is 32.1 Å². The van der Waals surface area contributed by atoms with Crippen LogP contribution in [0.3, 0.4) is 0 Å². The predicted molar refractivity (Wildman–Crippen MR) is 71.1 cm³/mol. The third-order valence-corrected chi connectivity index (χ3v) is 3.67. The summed E-state index contributed by atoms with van der Waals surface area (Å²) in [5.74, 6) is 0.840. The second-order valence-electron chi connectivity index (χ2n) is 4.94. The summed E-state index contributed by atoms with van der Waals surface area (Å²) in [4.78, 5) is 0. The number of rotatable bonds is 8. The molecule has 0 unspecified atom stereocenters. The van der Waals surface area contributed by atoms with Gasteiger partial charge in [-0.05, 0) is 39.5 Å². The Hall–Kier alpha value is -0.120. The summed E-state index contributed by atoms with van der Waals surface area (Å²) in [6.07, 6.45) is 6.89. The lowest BCUT2D eigenvalue weighted by Gasteiger charge is -2.29. The minimum absolute atomic E-state index is 0.0870. The van der Waals surface area contributed by atoms with E-state index in [0.29, 0.717) is 19.3 Å². The van der Waals surface area contributed by atoms with Crippen LogP contribution in [0.1, 0.15) is 52.9 Å². The van der Waals surface area contributed by atoms with Crippen molar-refractivity contribution >= 4 is 0 Å². The first-order valence-electron chi connectivity index (χ1n) is 7.24. The van der Waals surface area contributed by atoms with Crippen molar-refractivity contribution in [2.75, 3.05) is 19.8 Å². The normalized spacial score (nSPS) is 19.8. The summed E-state index contributed by atoms with van der Waals surface area (Å²) in [6.45, 7) is 8.55. The van der Waals surface area contributed by atoms with Crippen molar-refractivity contribution in [1.82, 2.24) is 5.32 Å². The van der Waals surface area contributed by atoms with E-state index in [4.69, 9.17) is 9.47 Å². The van der Waals surface area contributed by atoms with E-state index in [2.05, 4.69) is 12.2 Å². The van der Waals surface area contributed by atoms with Gasteiger partial charge in [-0.2, -0.15) is 0 Å². The second-order valence-corrected chi connectivity index (χ2v) is 4.94. The van der Waals surface area contributed by atoms with Gasteiger partial charge in [0.2, 0.25) is 0 Å². The molecular formula is C14H29NO2. The molecule has 3 heteroatoms. The zero-order valence-electron chi connectivity index (χ0n) is 11.7. The molecule has 0 aromatic heterocycles. The molecule has 0 aliphatic heterocycles. The second kappa shape index (κ2) is 8.90. The van der Waals surface area contributed by atoms with Gasteiger partial charge in [0.1, 0.15) is 0 Å². The highest BCUT2D eigenvalue weighted by Crippen LogP contribution is 2.26. The van der Waals surface area contributed by atoms with E-state index in [0.717, 1.165) is 12.5 Å². The summed E-state index contributed by atoms with van der Waals surface area (Å²) in [7, 11) is 0. The van der Waals surface area contributed by atoms with Gasteiger partial charge < -0.3 is 14.8 Å². The Balaban J connectivity index is 2.21. The van der Waals surface area contributed by atoms with Crippen molar-refractivity contribution < 1.29 is 9.47 Å². The molecule has 0 spiro atoms. The van der Waals surface area contributed by atoms with Crippen molar-refractivity contribution in [1.29, 1.82) is 0 Å². The maximum atomic E-state index is 5.54. The first-order valence-corrected chi connectivity index (χ1v) is 7.24. The van der Waals surface area contributed by atoms with Crippen LogP contribution >= 0.6 is 0 Å². The van der Waals surface area contributed by atoms with Crippen molar-refractivity contribution in [3.05, 3.63) is 0 Å². The van der Waals surface area contributed by atoms with Gasteiger partial charge in [-0.1, -0.05) is 19.3 Å². The Labute approximate surface area is 106 Å². The molecule has 0 radical (unpaired) electrons. The SMILES string of the molecule is CCOC(CN[C@H](C)C1CCCCC1)OCC. The van der Waals surface area contributed by atoms with Gasteiger partial charge >= 0.3 is 0 Å². The summed E-state index contributed by atoms with van der Waals surface area (Å²) >= 11 is 0. The fourth-order valence-corrected chi connectivity index (χ4v) is 2.62. The molecule has 0 aromatic rings. The average Bonchev–Trinajstić information content (AvgIpc) is 2.37. The first-order chi connectivity index (χ1) is 8.27. The van der Waals surface area contributed by atoms with Gasteiger partial charge in [-0.25, -0.2) is 0 Å². The Morgan fingerprint density at radius 3 is 2.18 bits per heavy atom. The van der Waals surface area contributed by atoms with E-state index in [-0.39, 0.29) is 6.29 Å². The largest absolute Gasteiger partial charge is 0.352 e. The zero-order chi connectivity index (χ0) is 12.5. The summed E-state index contributed by atoms with van der Waals surface area (Å²) in [5, 5.41) is 3.57. The van der Waals surface area contributed by atoms with Crippen LogP contribution in [0.4, 0.5) is 0 Å². The van der Waals surface area contributed by atoms with Gasteiger partial charge in [0.25, 0.3) is 0 Å². The number of ether oxygens (including phenoxy) is 2. The van der Waals surface area contributed by atoms with E-state index >= 15 is 0 Å². The minimum atomic E-state index is -0.0870. The molecule has 0 aromatic carbocycles. The standard InChI is InChI=1S/C14H29NO2/c1-4-16-14(17-5-2)11-15-12(3)13-9-7-6-8-10-13/h12-15H,4-11H2,1-3H3/t12-/m1/s1. The van der Waals surface area contributed by atoms with Crippen LogP contribution in [0.5, 0.6) is 0 Å². The summed E-state index contributed by atoms with van der Waals surface area (Å²) < 4.78 is 11.1. The Kier molecular flexibility index (Phi) is 7.82. The number of hydrogen-bond acceptors (Lipinski definition) is 3. The third kappa shape index (κ3) is 5.84. The Morgan fingerprint density at radius 2 is 1.65 bits per heavy atom. The molecule has 1 saturated carbocycles. The predicted octanol–water partition coefficient (Wildman–Crippen LogP) is 2.94. The van der Waals surface area contributed by atoms with Crippen molar-refractivity contribution in [2.24, 2.45) is 5.92 Å². The van der Waals surface area contributed by atoms with Gasteiger partial charge in [0.05, 0.1) is 0 Å². The lowest BCUT2D eigenvalue weighted by atomic mass is 9.84. The molecule has 0 saturated heterocycles. The van der Waals surface area contributed by atoms with Gasteiger partial charge in [-0.15, -0.1) is 0 Å². The molecule has 0 bridgehead atoms. The molecule has 0 heterocycles. The average molecular weight is 243 g/mol. The third-order valence-electron chi connectivity index (χ3n) is 3.67. The lowest BCUT2D eigenvalue weighted by Crippen LogP contribution is -2.41. The molecule has 3 nitrogen and oxygen atoms in total.